The molecule has 92 valence electrons. The minimum absolute atomic E-state index is 0.185. The van der Waals surface area contributed by atoms with Crippen molar-refractivity contribution in [1.29, 1.82) is 0 Å². The van der Waals surface area contributed by atoms with Gasteiger partial charge in [-0.1, -0.05) is 0 Å². The summed E-state index contributed by atoms with van der Waals surface area (Å²) in [6.45, 7) is -0.489. The van der Waals surface area contributed by atoms with E-state index in [1.54, 1.807) is 24.3 Å². The van der Waals surface area contributed by atoms with Crippen molar-refractivity contribution in [2.75, 3.05) is 17.7 Å². The van der Waals surface area contributed by atoms with E-state index < -0.39 is 18.2 Å². The van der Waals surface area contributed by atoms with Gasteiger partial charge in [0.1, 0.15) is 5.60 Å². The standard InChI is InChI=1S/C12H15FN2O2/c13-7-8-5-12(17,6-8)11(16)15-10-3-1-9(14)2-4-10/h1-4,8,17H,5-7,14H2,(H,15,16). The summed E-state index contributed by atoms with van der Waals surface area (Å²) in [5.41, 5.74) is 5.27. The maximum Gasteiger partial charge on any atom is 0.256 e. The maximum atomic E-state index is 12.3. The van der Waals surface area contributed by atoms with Crippen LogP contribution in [0.25, 0.3) is 0 Å². The van der Waals surface area contributed by atoms with Crippen molar-refractivity contribution in [2.45, 2.75) is 18.4 Å². The highest BCUT2D eigenvalue weighted by Crippen LogP contribution is 2.38. The molecule has 0 aromatic heterocycles. The largest absolute Gasteiger partial charge is 0.399 e. The van der Waals surface area contributed by atoms with E-state index in [2.05, 4.69) is 5.32 Å². The molecular formula is C12H15FN2O2. The van der Waals surface area contributed by atoms with Crippen molar-refractivity contribution < 1.29 is 14.3 Å². The molecule has 0 bridgehead atoms. The van der Waals surface area contributed by atoms with Crippen LogP contribution in [0.15, 0.2) is 24.3 Å². The number of benzene rings is 1. The van der Waals surface area contributed by atoms with Crippen LogP contribution >= 0.6 is 0 Å². The maximum absolute atomic E-state index is 12.3. The number of nitrogens with one attached hydrogen (secondary N) is 1. The Kier molecular flexibility index (Phi) is 3.02. The van der Waals surface area contributed by atoms with E-state index in [9.17, 15) is 14.3 Å². The van der Waals surface area contributed by atoms with E-state index in [-0.39, 0.29) is 18.8 Å². The number of rotatable bonds is 3. The number of hydrogen-bond acceptors (Lipinski definition) is 3. The van der Waals surface area contributed by atoms with Crippen molar-refractivity contribution in [1.82, 2.24) is 0 Å². The molecule has 1 saturated carbocycles. The van der Waals surface area contributed by atoms with Gasteiger partial charge in [0.15, 0.2) is 0 Å². The van der Waals surface area contributed by atoms with Gasteiger partial charge in [-0.25, -0.2) is 0 Å². The quantitative estimate of drug-likeness (QED) is 0.695. The van der Waals surface area contributed by atoms with Crippen LogP contribution in [0.2, 0.25) is 0 Å². The van der Waals surface area contributed by atoms with Gasteiger partial charge in [-0.2, -0.15) is 0 Å². The molecular weight excluding hydrogens is 223 g/mol. The van der Waals surface area contributed by atoms with Crippen LogP contribution in [-0.4, -0.2) is 23.3 Å². The molecule has 1 amide bonds. The minimum Gasteiger partial charge on any atom is -0.399 e. The molecule has 2 rings (SSSR count). The fourth-order valence-corrected chi connectivity index (χ4v) is 2.00. The first kappa shape index (κ1) is 11.9. The van der Waals surface area contributed by atoms with Crippen LogP contribution in [0.3, 0.4) is 0 Å². The minimum atomic E-state index is -1.42. The summed E-state index contributed by atoms with van der Waals surface area (Å²) in [5.74, 6) is -0.677. The predicted octanol–water partition coefficient (Wildman–Crippen LogP) is 1.32. The first-order valence-corrected chi connectivity index (χ1v) is 5.49. The SMILES string of the molecule is Nc1ccc(NC(=O)C2(O)CC(CF)C2)cc1. The van der Waals surface area contributed by atoms with Crippen molar-refractivity contribution in [2.24, 2.45) is 5.92 Å². The van der Waals surface area contributed by atoms with E-state index in [0.717, 1.165) is 0 Å². The molecule has 1 aromatic carbocycles. The normalized spacial score (nSPS) is 27.3. The highest BCUT2D eigenvalue weighted by molar-refractivity contribution is 5.97. The van der Waals surface area contributed by atoms with Gasteiger partial charge >= 0.3 is 0 Å². The number of amides is 1. The lowest BCUT2D eigenvalue weighted by Crippen LogP contribution is -2.53. The second-order valence-corrected chi connectivity index (χ2v) is 4.54. The average molecular weight is 238 g/mol. The van der Waals surface area contributed by atoms with Gasteiger partial charge in [-0.05, 0) is 43.0 Å². The number of nitrogen functional groups attached to an aromatic ring is 1. The second kappa shape index (κ2) is 4.33. The number of halogens is 1. The zero-order valence-electron chi connectivity index (χ0n) is 9.32. The Hall–Kier alpha value is -1.62. The first-order valence-electron chi connectivity index (χ1n) is 5.49. The van der Waals surface area contributed by atoms with Crippen molar-refractivity contribution in [3.63, 3.8) is 0 Å². The summed E-state index contributed by atoms with van der Waals surface area (Å²) in [7, 11) is 0. The van der Waals surface area contributed by atoms with Gasteiger partial charge in [0.2, 0.25) is 0 Å². The van der Waals surface area contributed by atoms with Crippen LogP contribution in [0.1, 0.15) is 12.8 Å². The summed E-state index contributed by atoms with van der Waals surface area (Å²) in [5, 5.41) is 12.5. The molecule has 17 heavy (non-hydrogen) atoms. The fourth-order valence-electron chi connectivity index (χ4n) is 2.00. The van der Waals surface area contributed by atoms with Gasteiger partial charge in [-0.3, -0.25) is 9.18 Å². The average Bonchev–Trinajstić information content (AvgIpc) is 2.27. The third-order valence-corrected chi connectivity index (χ3v) is 3.06. The van der Waals surface area contributed by atoms with Crippen molar-refractivity contribution in [3.8, 4) is 0 Å². The second-order valence-electron chi connectivity index (χ2n) is 4.54. The van der Waals surface area contributed by atoms with Gasteiger partial charge in [0.05, 0.1) is 6.67 Å². The van der Waals surface area contributed by atoms with Crippen LogP contribution in [0.5, 0.6) is 0 Å². The Balaban J connectivity index is 1.96. The monoisotopic (exact) mass is 238 g/mol. The molecule has 0 heterocycles. The first-order chi connectivity index (χ1) is 8.03. The summed E-state index contributed by atoms with van der Waals surface area (Å²) in [4.78, 5) is 11.7. The summed E-state index contributed by atoms with van der Waals surface area (Å²) in [6.07, 6.45) is 0.370. The third-order valence-electron chi connectivity index (χ3n) is 3.06. The van der Waals surface area contributed by atoms with Gasteiger partial charge in [-0.15, -0.1) is 0 Å². The highest BCUT2D eigenvalue weighted by Gasteiger charge is 2.48. The number of hydrogen-bond donors (Lipinski definition) is 3. The van der Waals surface area contributed by atoms with Crippen LogP contribution < -0.4 is 11.1 Å². The topological polar surface area (TPSA) is 75.3 Å². The highest BCUT2D eigenvalue weighted by atomic mass is 19.1. The van der Waals surface area contributed by atoms with Crippen LogP contribution in [-0.2, 0) is 4.79 Å². The molecule has 4 N–H and O–H groups in total. The zero-order valence-corrected chi connectivity index (χ0v) is 9.32. The number of alkyl halides is 1. The molecule has 0 radical (unpaired) electrons. The molecule has 0 saturated heterocycles. The van der Waals surface area contributed by atoms with E-state index in [1.807, 2.05) is 0 Å². The van der Waals surface area contributed by atoms with Crippen LogP contribution in [0, 0.1) is 5.92 Å². The number of carbonyl (C=O) groups is 1. The number of anilines is 2. The van der Waals surface area contributed by atoms with Gasteiger partial charge in [0.25, 0.3) is 5.91 Å². The van der Waals surface area contributed by atoms with E-state index in [0.29, 0.717) is 11.4 Å². The van der Waals surface area contributed by atoms with Gasteiger partial charge < -0.3 is 16.2 Å². The Morgan fingerprint density at radius 2 is 2.06 bits per heavy atom. The molecule has 1 fully saturated rings. The third kappa shape index (κ3) is 2.39. The number of carbonyl (C=O) groups excluding carboxylic acids is 1. The molecule has 5 heteroatoms. The molecule has 1 aliphatic rings. The summed E-state index contributed by atoms with van der Waals surface area (Å²) < 4.78 is 12.3. The van der Waals surface area contributed by atoms with Crippen LogP contribution in [0.4, 0.5) is 15.8 Å². The Labute approximate surface area is 98.6 Å². The fraction of sp³-hybridized carbons (Fsp3) is 0.417. The molecule has 0 atom stereocenters. The van der Waals surface area contributed by atoms with E-state index >= 15 is 0 Å². The molecule has 0 spiro atoms. The lowest BCUT2D eigenvalue weighted by molar-refractivity contribution is -0.150. The number of nitrogens with two attached hydrogens (primary N) is 1. The smallest absolute Gasteiger partial charge is 0.256 e. The molecule has 1 aromatic rings. The number of aliphatic hydroxyl groups is 1. The lowest BCUT2D eigenvalue weighted by atomic mass is 9.71. The Bertz CT molecular complexity index is 413. The van der Waals surface area contributed by atoms with Crippen molar-refractivity contribution >= 4 is 17.3 Å². The van der Waals surface area contributed by atoms with Gasteiger partial charge in [0, 0.05) is 11.4 Å². The predicted molar refractivity (Wildman–Crippen MR) is 63.1 cm³/mol. The molecule has 0 unspecified atom stereocenters. The molecule has 1 aliphatic carbocycles. The van der Waals surface area contributed by atoms with Crippen molar-refractivity contribution in [3.05, 3.63) is 24.3 Å². The molecule has 0 aliphatic heterocycles. The summed E-state index contributed by atoms with van der Waals surface area (Å²) >= 11 is 0. The lowest BCUT2D eigenvalue weighted by Gasteiger charge is -2.40. The Morgan fingerprint density at radius 1 is 1.47 bits per heavy atom. The zero-order chi connectivity index (χ0) is 12.5. The summed E-state index contributed by atoms with van der Waals surface area (Å²) in [6, 6.07) is 6.62. The molecule has 4 nitrogen and oxygen atoms in total. The Morgan fingerprint density at radius 3 is 2.59 bits per heavy atom. The van der Waals surface area contributed by atoms with E-state index in [1.165, 1.54) is 0 Å². The van der Waals surface area contributed by atoms with E-state index in [4.69, 9.17) is 5.73 Å².